The van der Waals surface area contributed by atoms with Crippen molar-refractivity contribution in [1.29, 1.82) is 0 Å². The van der Waals surface area contributed by atoms with Gasteiger partial charge < -0.3 is 5.32 Å². The molecular formula is C22H26Cl2N2O. The molecule has 1 fully saturated rings. The maximum Gasteiger partial charge on any atom is 0.228 e. The molecule has 27 heavy (non-hydrogen) atoms. The molecule has 1 N–H and O–H groups in total. The van der Waals surface area contributed by atoms with E-state index in [2.05, 4.69) is 29.3 Å². The van der Waals surface area contributed by atoms with Crippen LogP contribution in [0.1, 0.15) is 35.1 Å². The molecule has 0 bridgehead atoms. The molecule has 0 aromatic heterocycles. The molecule has 2 aromatic carbocycles. The first-order valence-corrected chi connectivity index (χ1v) is 10.1. The van der Waals surface area contributed by atoms with Gasteiger partial charge in [-0.1, -0.05) is 47.0 Å². The number of likely N-dealkylation sites (tertiary alicyclic amines) is 1. The number of nitrogens with zero attached hydrogens (tertiary/aromatic N) is 1. The van der Waals surface area contributed by atoms with E-state index in [0.717, 1.165) is 54.9 Å². The Balaban J connectivity index is 1.66. The van der Waals surface area contributed by atoms with Crippen molar-refractivity contribution in [2.75, 3.05) is 18.4 Å². The third-order valence-corrected chi connectivity index (χ3v) is 5.80. The summed E-state index contributed by atoms with van der Waals surface area (Å²) in [5.41, 5.74) is 5.44. The topological polar surface area (TPSA) is 32.3 Å². The van der Waals surface area contributed by atoms with Gasteiger partial charge in [-0.15, -0.1) is 0 Å². The van der Waals surface area contributed by atoms with Crippen LogP contribution in [-0.4, -0.2) is 23.9 Å². The number of piperidine rings is 1. The average molecular weight is 405 g/mol. The fourth-order valence-electron chi connectivity index (χ4n) is 3.91. The molecule has 0 unspecified atom stereocenters. The minimum Gasteiger partial charge on any atom is -0.325 e. The van der Waals surface area contributed by atoms with Gasteiger partial charge >= 0.3 is 0 Å². The lowest BCUT2D eigenvalue weighted by Gasteiger charge is -2.32. The van der Waals surface area contributed by atoms with Gasteiger partial charge in [0.05, 0.1) is 5.92 Å². The Morgan fingerprint density at radius 1 is 1.15 bits per heavy atom. The third-order valence-electron chi connectivity index (χ3n) is 5.21. The van der Waals surface area contributed by atoms with Gasteiger partial charge in [-0.25, -0.2) is 0 Å². The summed E-state index contributed by atoms with van der Waals surface area (Å²) in [7, 11) is 0. The first-order valence-electron chi connectivity index (χ1n) is 9.38. The van der Waals surface area contributed by atoms with Crippen molar-refractivity contribution >= 4 is 34.8 Å². The fourth-order valence-corrected chi connectivity index (χ4v) is 4.37. The standard InChI is InChI=1S/C22H26Cl2N2O/c1-14-9-15(2)21(16(3)10-14)25-22(27)18-5-4-8-26(13-18)12-17-6-7-19(23)11-20(17)24/h6-7,9-11,18H,4-5,8,12-13H2,1-3H3,(H,25,27)/t18-/m1/s1. The van der Waals surface area contributed by atoms with E-state index in [0.29, 0.717) is 10.0 Å². The van der Waals surface area contributed by atoms with E-state index in [9.17, 15) is 4.79 Å². The van der Waals surface area contributed by atoms with Gasteiger partial charge in [0.15, 0.2) is 0 Å². The summed E-state index contributed by atoms with van der Waals surface area (Å²) in [5.74, 6) is 0.0990. The Labute approximate surface area is 171 Å². The Hall–Kier alpha value is -1.55. The second-order valence-electron chi connectivity index (χ2n) is 7.57. The lowest BCUT2D eigenvalue weighted by Crippen LogP contribution is -2.40. The zero-order valence-electron chi connectivity index (χ0n) is 16.1. The quantitative estimate of drug-likeness (QED) is 0.701. The number of anilines is 1. The molecule has 5 heteroatoms. The molecule has 0 saturated carbocycles. The highest BCUT2D eigenvalue weighted by atomic mass is 35.5. The maximum atomic E-state index is 12.9. The molecule has 1 heterocycles. The van der Waals surface area contributed by atoms with Crippen LogP contribution in [0.25, 0.3) is 0 Å². The molecule has 3 nitrogen and oxygen atoms in total. The Morgan fingerprint density at radius 2 is 1.85 bits per heavy atom. The molecule has 1 aliphatic heterocycles. The molecule has 3 rings (SSSR count). The largest absolute Gasteiger partial charge is 0.325 e. The number of carbonyl (C=O) groups is 1. The second-order valence-corrected chi connectivity index (χ2v) is 8.42. The van der Waals surface area contributed by atoms with Gasteiger partial charge in [0.1, 0.15) is 0 Å². The number of hydrogen-bond acceptors (Lipinski definition) is 2. The summed E-state index contributed by atoms with van der Waals surface area (Å²) >= 11 is 12.3. The lowest BCUT2D eigenvalue weighted by molar-refractivity contribution is -0.121. The van der Waals surface area contributed by atoms with Gasteiger partial charge in [-0.3, -0.25) is 9.69 Å². The molecule has 0 radical (unpaired) electrons. The number of amides is 1. The zero-order chi connectivity index (χ0) is 19.6. The molecule has 1 amide bonds. The van der Waals surface area contributed by atoms with Crippen LogP contribution in [0.5, 0.6) is 0 Å². The average Bonchev–Trinajstić information content (AvgIpc) is 2.60. The highest BCUT2D eigenvalue weighted by molar-refractivity contribution is 6.35. The Bertz CT molecular complexity index is 827. The monoisotopic (exact) mass is 404 g/mol. The van der Waals surface area contributed by atoms with Crippen molar-refractivity contribution in [3.63, 3.8) is 0 Å². The highest BCUT2D eigenvalue weighted by Crippen LogP contribution is 2.27. The van der Waals surface area contributed by atoms with Crippen LogP contribution < -0.4 is 5.32 Å². The minimum absolute atomic E-state index is 0.00933. The minimum atomic E-state index is -0.00933. The number of hydrogen-bond donors (Lipinski definition) is 1. The first-order chi connectivity index (χ1) is 12.8. The van der Waals surface area contributed by atoms with Gasteiger partial charge in [-0.05, 0) is 69.0 Å². The van der Waals surface area contributed by atoms with E-state index < -0.39 is 0 Å². The number of rotatable bonds is 4. The molecular weight excluding hydrogens is 379 g/mol. The molecule has 0 spiro atoms. The van der Waals surface area contributed by atoms with E-state index in [1.165, 1.54) is 5.56 Å². The van der Waals surface area contributed by atoms with E-state index in [1.54, 1.807) is 6.07 Å². The zero-order valence-corrected chi connectivity index (χ0v) is 17.6. The molecule has 144 valence electrons. The van der Waals surface area contributed by atoms with Crippen LogP contribution in [0.4, 0.5) is 5.69 Å². The first kappa shape index (κ1) is 20.2. The number of halogens is 2. The van der Waals surface area contributed by atoms with Crippen molar-refractivity contribution in [1.82, 2.24) is 4.90 Å². The predicted molar refractivity (Wildman–Crippen MR) is 114 cm³/mol. The van der Waals surface area contributed by atoms with Gasteiger partial charge in [0.2, 0.25) is 5.91 Å². The number of carbonyl (C=O) groups excluding carboxylic acids is 1. The third kappa shape index (κ3) is 5.04. The molecule has 2 aromatic rings. The van der Waals surface area contributed by atoms with Crippen molar-refractivity contribution in [2.45, 2.75) is 40.2 Å². The van der Waals surface area contributed by atoms with E-state index in [-0.39, 0.29) is 11.8 Å². The Morgan fingerprint density at radius 3 is 2.52 bits per heavy atom. The van der Waals surface area contributed by atoms with E-state index >= 15 is 0 Å². The van der Waals surface area contributed by atoms with Crippen LogP contribution in [0, 0.1) is 26.7 Å². The smallest absolute Gasteiger partial charge is 0.228 e. The van der Waals surface area contributed by atoms with E-state index in [4.69, 9.17) is 23.2 Å². The van der Waals surface area contributed by atoms with Crippen LogP contribution in [0.15, 0.2) is 30.3 Å². The summed E-state index contributed by atoms with van der Waals surface area (Å²) in [4.78, 5) is 15.2. The van der Waals surface area contributed by atoms with Crippen LogP contribution in [0.3, 0.4) is 0 Å². The second kappa shape index (κ2) is 8.64. The number of benzene rings is 2. The predicted octanol–water partition coefficient (Wildman–Crippen LogP) is 5.77. The summed E-state index contributed by atoms with van der Waals surface area (Å²) in [5, 5.41) is 4.49. The van der Waals surface area contributed by atoms with Crippen LogP contribution in [0.2, 0.25) is 10.0 Å². The van der Waals surface area contributed by atoms with Crippen LogP contribution >= 0.6 is 23.2 Å². The summed E-state index contributed by atoms with van der Waals surface area (Å²) in [6.45, 7) is 8.63. The van der Waals surface area contributed by atoms with Crippen molar-refractivity contribution < 1.29 is 4.79 Å². The van der Waals surface area contributed by atoms with E-state index in [1.807, 2.05) is 26.0 Å². The van der Waals surface area contributed by atoms with Crippen molar-refractivity contribution in [3.8, 4) is 0 Å². The normalized spacial score (nSPS) is 17.7. The molecule has 1 saturated heterocycles. The SMILES string of the molecule is Cc1cc(C)c(NC(=O)[C@@H]2CCCN(Cc3ccc(Cl)cc3Cl)C2)c(C)c1. The van der Waals surface area contributed by atoms with Crippen molar-refractivity contribution in [2.24, 2.45) is 5.92 Å². The van der Waals surface area contributed by atoms with Crippen LogP contribution in [-0.2, 0) is 11.3 Å². The summed E-state index contributed by atoms with van der Waals surface area (Å²) in [6.07, 6.45) is 1.93. The molecule has 1 aliphatic rings. The molecule has 1 atom stereocenters. The lowest BCUT2D eigenvalue weighted by atomic mass is 9.96. The highest BCUT2D eigenvalue weighted by Gasteiger charge is 2.26. The van der Waals surface area contributed by atoms with Gasteiger partial charge in [0.25, 0.3) is 0 Å². The number of aryl methyl sites for hydroxylation is 3. The van der Waals surface area contributed by atoms with Crippen molar-refractivity contribution in [3.05, 3.63) is 62.6 Å². The number of nitrogens with one attached hydrogen (secondary N) is 1. The fraction of sp³-hybridized carbons (Fsp3) is 0.409. The maximum absolute atomic E-state index is 12.9. The summed E-state index contributed by atoms with van der Waals surface area (Å²) in [6, 6.07) is 9.82. The molecule has 0 aliphatic carbocycles. The van der Waals surface area contributed by atoms with Gasteiger partial charge in [0, 0.05) is 28.8 Å². The Kier molecular flexibility index (Phi) is 6.46. The van der Waals surface area contributed by atoms with Gasteiger partial charge in [-0.2, -0.15) is 0 Å². The summed E-state index contributed by atoms with van der Waals surface area (Å²) < 4.78 is 0.